The lowest BCUT2D eigenvalue weighted by Crippen LogP contribution is -2.20. The van der Waals surface area contributed by atoms with Crippen molar-refractivity contribution in [2.24, 2.45) is 5.10 Å². The van der Waals surface area contributed by atoms with Crippen LogP contribution in [0.25, 0.3) is 33.6 Å². The summed E-state index contributed by atoms with van der Waals surface area (Å²) in [6.07, 6.45) is 1.47. The van der Waals surface area contributed by atoms with Crippen LogP contribution in [0.15, 0.2) is 87.1 Å². The van der Waals surface area contributed by atoms with Gasteiger partial charge in [0.1, 0.15) is 23.1 Å². The topological polar surface area (TPSA) is 69.6 Å². The van der Waals surface area contributed by atoms with Crippen LogP contribution in [0.5, 0.6) is 5.75 Å². The van der Waals surface area contributed by atoms with Gasteiger partial charge < -0.3 is 9.15 Å². The van der Waals surface area contributed by atoms with E-state index in [1.54, 1.807) is 36.4 Å². The van der Waals surface area contributed by atoms with Crippen LogP contribution >= 0.6 is 0 Å². The zero-order valence-corrected chi connectivity index (χ0v) is 21.7. The summed E-state index contributed by atoms with van der Waals surface area (Å²) >= 11 is 0. The predicted octanol–water partition coefficient (Wildman–Crippen LogP) is 7.18. The molecule has 7 heteroatoms. The average molecular weight is 510 g/mol. The molecule has 0 radical (unpaired) electrons. The van der Waals surface area contributed by atoms with Crippen molar-refractivity contribution in [1.29, 1.82) is 0 Å². The maximum Gasteiger partial charge on any atom is 0.282 e. The Hall–Kier alpha value is -4.52. The van der Waals surface area contributed by atoms with Crippen LogP contribution in [0.3, 0.4) is 0 Å². The number of aromatic nitrogens is 2. The Kier molecular flexibility index (Phi) is 6.92. The molecule has 3 aromatic carbocycles. The van der Waals surface area contributed by atoms with Gasteiger partial charge in [-0.2, -0.15) is 9.78 Å². The minimum absolute atomic E-state index is 0.199. The number of hydrogen-bond acceptors (Lipinski definition) is 5. The maximum absolute atomic E-state index is 13.7. The third kappa shape index (κ3) is 4.87. The van der Waals surface area contributed by atoms with Crippen LogP contribution in [0, 0.1) is 12.7 Å². The molecule has 0 unspecified atom stereocenters. The minimum atomic E-state index is -0.348. The van der Waals surface area contributed by atoms with Gasteiger partial charge in [-0.05, 0) is 79.4 Å². The van der Waals surface area contributed by atoms with Crippen LogP contribution in [-0.2, 0) is 0 Å². The van der Waals surface area contributed by atoms with Gasteiger partial charge >= 0.3 is 0 Å². The molecule has 2 heterocycles. The van der Waals surface area contributed by atoms with Crippen LogP contribution < -0.4 is 10.3 Å². The number of rotatable bonds is 7. The summed E-state index contributed by atoms with van der Waals surface area (Å²) in [6, 6.07) is 20.9. The van der Waals surface area contributed by atoms with Crippen LogP contribution in [0.1, 0.15) is 43.6 Å². The van der Waals surface area contributed by atoms with E-state index < -0.39 is 0 Å². The highest BCUT2D eigenvalue weighted by atomic mass is 19.1. The van der Waals surface area contributed by atoms with Gasteiger partial charge in [-0.15, -0.1) is 0 Å². The number of nitrogens with zero attached hydrogens (tertiary/aromatic N) is 3. The van der Waals surface area contributed by atoms with Crippen molar-refractivity contribution in [2.45, 2.75) is 33.6 Å². The van der Waals surface area contributed by atoms with Crippen molar-refractivity contribution < 1.29 is 13.5 Å². The Morgan fingerprint density at radius 3 is 2.66 bits per heavy atom. The third-order valence-corrected chi connectivity index (χ3v) is 6.31. The number of para-hydroxylation sites is 1. The Morgan fingerprint density at radius 1 is 1.08 bits per heavy atom. The highest BCUT2D eigenvalue weighted by Crippen LogP contribution is 2.34. The molecule has 0 amide bonds. The van der Waals surface area contributed by atoms with Gasteiger partial charge in [0, 0.05) is 11.1 Å². The number of aryl methyl sites for hydroxylation is 1. The highest BCUT2D eigenvalue weighted by Gasteiger charge is 2.18. The molecule has 0 atom stereocenters. The first-order chi connectivity index (χ1) is 18.4. The maximum atomic E-state index is 13.7. The van der Waals surface area contributed by atoms with Crippen molar-refractivity contribution >= 4 is 17.1 Å². The number of ether oxygens (including phenoxy) is 1. The second kappa shape index (κ2) is 10.5. The Balaban J connectivity index is 1.65. The molecule has 6 nitrogen and oxygen atoms in total. The van der Waals surface area contributed by atoms with E-state index in [4.69, 9.17) is 14.1 Å². The smallest absolute Gasteiger partial charge is 0.282 e. The lowest BCUT2D eigenvalue weighted by Gasteiger charge is -2.18. The monoisotopic (exact) mass is 509 g/mol. The molecule has 5 aromatic rings. The quantitative estimate of drug-likeness (QED) is 0.218. The van der Waals surface area contributed by atoms with E-state index in [-0.39, 0.29) is 17.3 Å². The molecule has 0 aliphatic rings. The van der Waals surface area contributed by atoms with E-state index in [1.165, 1.54) is 23.0 Å². The first-order valence-corrected chi connectivity index (χ1v) is 12.6. The molecule has 0 spiro atoms. The lowest BCUT2D eigenvalue weighted by molar-refractivity contribution is 0.335. The van der Waals surface area contributed by atoms with Crippen LogP contribution in [-0.4, -0.2) is 22.5 Å². The summed E-state index contributed by atoms with van der Waals surface area (Å²) in [6.45, 7) is 8.68. The molecular formula is C31H28FN3O3. The Morgan fingerprint density at radius 2 is 1.89 bits per heavy atom. The molecule has 0 fully saturated rings. The molecular weight excluding hydrogens is 481 g/mol. The van der Waals surface area contributed by atoms with Gasteiger partial charge in [-0.1, -0.05) is 38.1 Å². The number of fused-ring (bicyclic) bond motifs is 1. The van der Waals surface area contributed by atoms with Crippen molar-refractivity contribution in [2.75, 3.05) is 6.61 Å². The van der Waals surface area contributed by atoms with E-state index in [0.717, 1.165) is 22.4 Å². The fraction of sp³-hybridized carbons (Fsp3) is 0.194. The molecule has 0 N–H and O–H groups in total. The summed E-state index contributed by atoms with van der Waals surface area (Å²) in [5.41, 5.74) is 3.63. The SMILES string of the molecule is CCOc1cc(C)c(-c2nc3ccccc3c(=O)n2N=Cc2ccc(-c3cccc(F)c3)o2)cc1C(C)C. The molecule has 5 rings (SSSR count). The number of hydrogen-bond donors (Lipinski definition) is 0. The van der Waals surface area contributed by atoms with Gasteiger partial charge in [-0.3, -0.25) is 4.79 Å². The molecule has 38 heavy (non-hydrogen) atoms. The second-order valence-corrected chi connectivity index (χ2v) is 9.32. The Bertz CT molecular complexity index is 1720. The summed E-state index contributed by atoms with van der Waals surface area (Å²) in [5.74, 6) is 2.01. The molecule has 192 valence electrons. The van der Waals surface area contributed by atoms with Crippen molar-refractivity contribution in [3.05, 3.63) is 106 Å². The van der Waals surface area contributed by atoms with E-state index in [9.17, 15) is 9.18 Å². The molecule has 0 aliphatic heterocycles. The average Bonchev–Trinajstić information content (AvgIpc) is 3.37. The summed E-state index contributed by atoms with van der Waals surface area (Å²) in [4.78, 5) is 18.5. The molecule has 0 bridgehead atoms. The van der Waals surface area contributed by atoms with Crippen molar-refractivity contribution in [3.8, 4) is 28.5 Å². The minimum Gasteiger partial charge on any atom is -0.494 e. The fourth-order valence-electron chi connectivity index (χ4n) is 4.41. The van der Waals surface area contributed by atoms with Crippen molar-refractivity contribution in [3.63, 3.8) is 0 Å². The van der Waals surface area contributed by atoms with Gasteiger partial charge in [0.05, 0.1) is 23.7 Å². The standard InChI is InChI=1S/C31H28FN3O3/c1-5-37-29-15-20(4)26(17-25(29)19(2)3)30-34-27-12-7-6-11-24(27)31(36)35(30)33-18-23-13-14-28(38-23)21-9-8-10-22(32)16-21/h6-19H,5H2,1-4H3. The molecule has 0 aliphatic carbocycles. The van der Waals surface area contributed by atoms with E-state index in [1.807, 2.05) is 38.1 Å². The second-order valence-electron chi connectivity index (χ2n) is 9.32. The van der Waals surface area contributed by atoms with Gasteiger partial charge in [0.15, 0.2) is 5.82 Å². The normalized spacial score (nSPS) is 11.6. The summed E-state index contributed by atoms with van der Waals surface area (Å²) in [5, 5.41) is 4.98. The fourth-order valence-corrected chi connectivity index (χ4v) is 4.41. The van der Waals surface area contributed by atoms with Gasteiger partial charge in [-0.25, -0.2) is 9.37 Å². The number of furan rings is 1. The van der Waals surface area contributed by atoms with Gasteiger partial charge in [0.2, 0.25) is 0 Å². The zero-order chi connectivity index (χ0) is 26.8. The summed E-state index contributed by atoms with van der Waals surface area (Å²) in [7, 11) is 0. The van der Waals surface area contributed by atoms with E-state index in [2.05, 4.69) is 18.9 Å². The number of halogens is 1. The first-order valence-electron chi connectivity index (χ1n) is 12.6. The first kappa shape index (κ1) is 25.1. The van der Waals surface area contributed by atoms with Gasteiger partial charge in [0.25, 0.3) is 5.56 Å². The van der Waals surface area contributed by atoms with Crippen LogP contribution in [0.4, 0.5) is 4.39 Å². The van der Waals surface area contributed by atoms with Crippen molar-refractivity contribution in [1.82, 2.24) is 9.66 Å². The molecule has 0 saturated carbocycles. The summed E-state index contributed by atoms with van der Waals surface area (Å²) < 4.78 is 26.7. The predicted molar refractivity (Wildman–Crippen MR) is 149 cm³/mol. The largest absolute Gasteiger partial charge is 0.494 e. The lowest BCUT2D eigenvalue weighted by atomic mass is 9.96. The third-order valence-electron chi connectivity index (χ3n) is 6.31. The molecule has 0 saturated heterocycles. The highest BCUT2D eigenvalue weighted by molar-refractivity contribution is 5.82. The zero-order valence-electron chi connectivity index (χ0n) is 21.7. The van der Waals surface area contributed by atoms with E-state index >= 15 is 0 Å². The number of benzene rings is 3. The Labute approximate surface area is 220 Å². The van der Waals surface area contributed by atoms with Crippen LogP contribution in [0.2, 0.25) is 0 Å². The molecule has 2 aromatic heterocycles. The van der Waals surface area contributed by atoms with E-state index in [0.29, 0.717) is 40.4 Å².